The first-order valence-electron chi connectivity index (χ1n) is 29.1. The van der Waals surface area contributed by atoms with E-state index >= 15 is 0 Å². The highest BCUT2D eigenvalue weighted by Crippen LogP contribution is 2.48. The van der Waals surface area contributed by atoms with Crippen LogP contribution in [-0.2, 0) is 44.6 Å². The second kappa shape index (κ2) is 23.5. The molecule has 2 fully saturated rings. The molecule has 9 rings (SSSR count). The molecule has 0 saturated carbocycles. The van der Waals surface area contributed by atoms with Gasteiger partial charge >= 0.3 is 0 Å². The second-order valence-corrected chi connectivity index (χ2v) is 26.3. The fourth-order valence-corrected chi connectivity index (χ4v) is 13.3. The Morgan fingerprint density at radius 3 is 1.72 bits per heavy atom. The standard InChI is InChI=1S/C61H89N17O3/c1-14-73-54-28-21-20-27-53(54)61(11,12)56(73)30-18-16-15-17-24-45(2)52-26-19-22-29-55(52)78(13,81)33-23-25-46-41-71(66-62-46)31-32-72-42-47(63-67-72)38-70(39-48-43-74(68-64-48)50-34-57(3,4)76(79)58(5,6)35-50)40-49-44-75(69-65-49)51-36-59(7,8)77(80)60(9,10)37-51/h15-22,26-30,41-45,50-51,79-80H,14,23-25,31-40H2,1-13H3/b17-15+,18-16+,56-30+. The van der Waals surface area contributed by atoms with Gasteiger partial charge < -0.3 is 25.2 Å². The molecule has 2 N–H and O–H groups in total. The van der Waals surface area contributed by atoms with Crippen LogP contribution in [0.1, 0.15) is 174 Å². The molecule has 3 aliphatic rings. The Bertz CT molecular complexity index is 3050. The van der Waals surface area contributed by atoms with Crippen LogP contribution in [0.3, 0.4) is 0 Å². The summed E-state index contributed by atoms with van der Waals surface area (Å²) >= 11 is 0. The number of hydrogen-bond acceptors (Lipinski definition) is 15. The summed E-state index contributed by atoms with van der Waals surface area (Å²) in [6, 6.07) is 16.9. The minimum Gasteiger partial charge on any atom is -0.628 e. The number of fused-ring (bicyclic) bond motifs is 1. The van der Waals surface area contributed by atoms with E-state index in [4.69, 9.17) is 0 Å². The number of hydrogen-bond donors (Lipinski definition) is 2. The summed E-state index contributed by atoms with van der Waals surface area (Å²) in [4.78, 5) is 4.64. The fourth-order valence-electron chi connectivity index (χ4n) is 13.3. The second-order valence-electron chi connectivity index (χ2n) is 26.3. The van der Waals surface area contributed by atoms with Crippen molar-refractivity contribution in [3.8, 4) is 0 Å². The Labute approximate surface area is 479 Å². The Balaban J connectivity index is 0.786. The molecule has 20 nitrogen and oxygen atoms in total. The van der Waals surface area contributed by atoms with E-state index in [0.717, 1.165) is 72.7 Å². The molecule has 4 aromatic heterocycles. The van der Waals surface area contributed by atoms with Crippen LogP contribution >= 0.6 is 0 Å². The number of aromatic nitrogens is 12. The number of piperidine rings is 2. The summed E-state index contributed by atoms with van der Waals surface area (Å²) < 4.78 is 7.11. The zero-order valence-corrected chi connectivity index (χ0v) is 50.4. The number of nitrogens with zero attached hydrogens (tertiary/aromatic N) is 17. The van der Waals surface area contributed by atoms with Crippen LogP contribution in [0.15, 0.2) is 109 Å². The van der Waals surface area contributed by atoms with E-state index in [9.17, 15) is 15.6 Å². The van der Waals surface area contributed by atoms with Crippen LogP contribution in [0.25, 0.3) is 0 Å². The number of quaternary nitrogens is 1. The lowest BCUT2D eigenvalue weighted by Crippen LogP contribution is -2.59. The van der Waals surface area contributed by atoms with Crippen molar-refractivity contribution in [2.24, 2.45) is 0 Å². The summed E-state index contributed by atoms with van der Waals surface area (Å²) in [7, 11) is 1.76. The molecule has 0 spiro atoms. The lowest BCUT2D eigenvalue weighted by Gasteiger charge is -2.51. The average molecular weight is 1110 g/mol. The number of allylic oxidation sites excluding steroid dienone is 6. The molecule has 0 radical (unpaired) electrons. The maximum absolute atomic E-state index is 14.3. The number of likely N-dealkylation sites (N-methyl/N-ethyl adjacent to an activating group) is 1. The SMILES string of the molecule is CCN1/C(=C/C=C/C=C/CC(C)c2ccccc2[N+](C)([O-])CCCc2cn(CCn3cc(CN(Cc4cn(C5CC(C)(C)N(O)C(C)(C)C5)nn4)Cc4cn(C5CC(C)(C)N(O)C(C)(C)C5)nn4)nn3)nn2)C(C)(C)c2ccccc21. The van der Waals surface area contributed by atoms with Crippen LogP contribution in [0, 0.1) is 5.21 Å². The average Bonchev–Trinajstić information content (AvgIpc) is 4.39. The molecule has 3 aliphatic heterocycles. The Morgan fingerprint density at radius 2 is 1.15 bits per heavy atom. The van der Waals surface area contributed by atoms with E-state index in [2.05, 4.69) is 195 Å². The third-order valence-electron chi connectivity index (χ3n) is 17.2. The zero-order valence-electron chi connectivity index (χ0n) is 50.4. The van der Waals surface area contributed by atoms with Crippen molar-refractivity contribution in [3.63, 3.8) is 0 Å². The maximum atomic E-state index is 14.3. The van der Waals surface area contributed by atoms with Crippen molar-refractivity contribution < 1.29 is 10.4 Å². The van der Waals surface area contributed by atoms with Crippen molar-refractivity contribution in [1.82, 2.24) is 79.6 Å². The van der Waals surface area contributed by atoms with Gasteiger partial charge in [-0.1, -0.05) is 102 Å². The van der Waals surface area contributed by atoms with Gasteiger partial charge in [0.15, 0.2) is 0 Å². The molecule has 7 heterocycles. The lowest BCUT2D eigenvalue weighted by atomic mass is 9.79. The molecular formula is C61H89N17O3. The largest absolute Gasteiger partial charge is 0.628 e. The highest BCUT2D eigenvalue weighted by molar-refractivity contribution is 5.70. The van der Waals surface area contributed by atoms with Crippen molar-refractivity contribution in [1.29, 1.82) is 0 Å². The Kier molecular flexibility index (Phi) is 17.3. The molecule has 6 aromatic rings. The molecule has 2 unspecified atom stereocenters. The quantitative estimate of drug-likeness (QED) is 0.0369. The van der Waals surface area contributed by atoms with Crippen molar-refractivity contribution in [2.45, 2.75) is 206 Å². The van der Waals surface area contributed by atoms with Gasteiger partial charge in [-0.3, -0.25) is 14.3 Å². The van der Waals surface area contributed by atoms with Gasteiger partial charge in [0.1, 0.15) is 5.69 Å². The Morgan fingerprint density at radius 1 is 0.654 bits per heavy atom. The van der Waals surface area contributed by atoms with Crippen LogP contribution < -0.4 is 9.55 Å². The van der Waals surface area contributed by atoms with Crippen molar-refractivity contribution in [2.75, 3.05) is 25.0 Å². The van der Waals surface area contributed by atoms with E-state index in [1.165, 1.54) is 27.1 Å². The summed E-state index contributed by atoms with van der Waals surface area (Å²) in [5.74, 6) is 0.170. The van der Waals surface area contributed by atoms with Crippen molar-refractivity contribution >= 4 is 11.4 Å². The highest BCUT2D eigenvalue weighted by atomic mass is 16.5. The van der Waals surface area contributed by atoms with Gasteiger partial charge in [0.2, 0.25) is 0 Å². The number of anilines is 1. The number of para-hydroxylation sites is 2. The van der Waals surface area contributed by atoms with Gasteiger partial charge in [0, 0.05) is 89.5 Å². The summed E-state index contributed by atoms with van der Waals surface area (Å²) in [5.41, 5.74) is 7.31. The predicted octanol–water partition coefficient (Wildman–Crippen LogP) is 10.5. The van der Waals surface area contributed by atoms with Crippen LogP contribution in [-0.4, -0.2) is 128 Å². The predicted molar refractivity (Wildman–Crippen MR) is 316 cm³/mol. The highest BCUT2D eigenvalue weighted by Gasteiger charge is 2.47. The van der Waals surface area contributed by atoms with Gasteiger partial charge in [-0.05, 0) is 131 Å². The molecule has 436 valence electrons. The van der Waals surface area contributed by atoms with Crippen LogP contribution in [0.4, 0.5) is 11.4 Å². The molecule has 0 aliphatic carbocycles. The number of rotatable bonds is 22. The van der Waals surface area contributed by atoms with E-state index in [1.807, 2.05) is 61.7 Å². The number of hydroxylamine groups is 6. The van der Waals surface area contributed by atoms with Gasteiger partial charge in [-0.15, -0.1) is 20.4 Å². The molecule has 81 heavy (non-hydrogen) atoms. The Hall–Kier alpha value is -6.26. The summed E-state index contributed by atoms with van der Waals surface area (Å²) in [5, 5.41) is 75.7. The fraction of sp³-hybridized carbons (Fsp3) is 0.574. The smallest absolute Gasteiger partial charge is 0.136 e. The lowest BCUT2D eigenvalue weighted by molar-refractivity contribution is -0.249. The first-order valence-corrected chi connectivity index (χ1v) is 29.1. The topological polar surface area (TPSA) is 199 Å². The van der Waals surface area contributed by atoms with Gasteiger partial charge in [-0.2, -0.15) is 10.1 Å². The number of aryl methyl sites for hydroxylation is 3. The van der Waals surface area contributed by atoms with Crippen LogP contribution in [0.2, 0.25) is 0 Å². The molecule has 0 bridgehead atoms. The van der Waals surface area contributed by atoms with Crippen molar-refractivity contribution in [3.05, 3.63) is 149 Å². The van der Waals surface area contributed by atoms with Gasteiger partial charge in [-0.25, -0.2) is 9.36 Å². The minimum absolute atomic E-state index is 0.0596. The summed E-state index contributed by atoms with van der Waals surface area (Å²) in [6.45, 7) is 29.3. The monoisotopic (exact) mass is 1110 g/mol. The first-order chi connectivity index (χ1) is 38.3. The third-order valence-corrected chi connectivity index (χ3v) is 17.2. The van der Waals surface area contributed by atoms with E-state index in [-0.39, 0.29) is 23.4 Å². The van der Waals surface area contributed by atoms with Crippen LogP contribution in [0.5, 0.6) is 0 Å². The number of benzene rings is 2. The molecule has 2 saturated heterocycles. The van der Waals surface area contributed by atoms with E-state index < -0.39 is 26.8 Å². The summed E-state index contributed by atoms with van der Waals surface area (Å²) in [6.07, 6.45) is 23.8. The molecule has 0 amide bonds. The first kappa shape index (κ1) is 59.4. The van der Waals surface area contributed by atoms with Gasteiger partial charge in [0.25, 0.3) is 0 Å². The molecule has 20 heteroatoms. The zero-order chi connectivity index (χ0) is 58.1. The normalized spacial score (nSPS) is 21.0. The maximum Gasteiger partial charge on any atom is 0.136 e. The molecule has 2 atom stereocenters. The minimum atomic E-state index is -0.464. The third kappa shape index (κ3) is 13.3. The van der Waals surface area contributed by atoms with E-state index in [1.54, 1.807) is 7.05 Å². The van der Waals surface area contributed by atoms with Gasteiger partial charge in [0.05, 0.1) is 73.9 Å². The molecular weight excluding hydrogens is 1020 g/mol. The molecule has 2 aromatic carbocycles. The van der Waals surface area contributed by atoms with E-state index in [0.29, 0.717) is 52.1 Å².